The van der Waals surface area contributed by atoms with E-state index in [4.69, 9.17) is 14.7 Å². The van der Waals surface area contributed by atoms with Crippen LogP contribution in [0.3, 0.4) is 0 Å². The molecule has 0 radical (unpaired) electrons. The number of rotatable bonds is 2. The molecule has 0 fully saturated rings. The quantitative estimate of drug-likeness (QED) is 0.664. The van der Waals surface area contributed by atoms with Gasteiger partial charge in [-0.2, -0.15) is 10.2 Å². The predicted molar refractivity (Wildman–Crippen MR) is 52.2 cm³/mol. The Balaban J connectivity index is 3.00. The Labute approximate surface area is 87.7 Å². The van der Waals surface area contributed by atoms with E-state index in [-0.39, 0.29) is 12.4 Å². The van der Waals surface area contributed by atoms with Gasteiger partial charge in [0.05, 0.1) is 32.9 Å². The van der Waals surface area contributed by atoms with Crippen molar-refractivity contribution in [2.45, 2.75) is 6.42 Å². The fraction of sp³-hybridized carbons (Fsp3) is 0.300. The lowest BCUT2D eigenvalue weighted by Crippen LogP contribution is -1.97. The molecule has 0 spiro atoms. The van der Waals surface area contributed by atoms with Crippen molar-refractivity contribution in [2.75, 3.05) is 14.2 Å². The van der Waals surface area contributed by atoms with Crippen molar-refractivity contribution in [3.8, 4) is 29.8 Å². The van der Waals surface area contributed by atoms with Crippen LogP contribution < -0.4 is 9.47 Å². The van der Waals surface area contributed by atoms with Crippen molar-refractivity contribution in [1.82, 2.24) is 9.97 Å². The van der Waals surface area contributed by atoms with Crippen LogP contribution in [-0.4, -0.2) is 24.2 Å². The largest absolute Gasteiger partial charge is 0.480 e. The van der Waals surface area contributed by atoms with Crippen molar-refractivity contribution in [2.24, 2.45) is 0 Å². The van der Waals surface area contributed by atoms with Crippen molar-refractivity contribution in [3.63, 3.8) is 0 Å². The monoisotopic (exact) mass is 203 g/mol. The van der Waals surface area contributed by atoms with Gasteiger partial charge in [-0.3, -0.25) is 0 Å². The van der Waals surface area contributed by atoms with Crippen LogP contribution in [0.25, 0.3) is 0 Å². The molecule has 0 aliphatic carbocycles. The van der Waals surface area contributed by atoms with E-state index in [1.807, 2.05) is 6.07 Å². The minimum atomic E-state index is 0.162. The van der Waals surface area contributed by atoms with Crippen molar-refractivity contribution in [3.05, 3.63) is 11.8 Å². The van der Waals surface area contributed by atoms with Gasteiger partial charge in [-0.15, -0.1) is 0 Å². The van der Waals surface area contributed by atoms with Crippen molar-refractivity contribution in [1.29, 1.82) is 5.26 Å². The zero-order valence-corrected chi connectivity index (χ0v) is 8.44. The molecular weight excluding hydrogens is 194 g/mol. The van der Waals surface area contributed by atoms with Gasteiger partial charge in [0.1, 0.15) is 5.56 Å². The van der Waals surface area contributed by atoms with Crippen LogP contribution in [0.15, 0.2) is 6.20 Å². The van der Waals surface area contributed by atoms with Gasteiger partial charge in [0.2, 0.25) is 5.88 Å². The van der Waals surface area contributed by atoms with Crippen molar-refractivity contribution >= 4 is 0 Å². The lowest BCUT2D eigenvalue weighted by molar-refractivity contribution is 0.351. The third kappa shape index (κ3) is 2.85. The van der Waals surface area contributed by atoms with E-state index in [2.05, 4.69) is 21.8 Å². The number of nitrogens with zero attached hydrogens (tertiary/aromatic N) is 3. The van der Waals surface area contributed by atoms with Crippen LogP contribution in [0.5, 0.6) is 11.9 Å². The number of nitriles is 1. The van der Waals surface area contributed by atoms with E-state index < -0.39 is 0 Å². The summed E-state index contributed by atoms with van der Waals surface area (Å²) in [5.41, 5.74) is 0.536. The van der Waals surface area contributed by atoms with Crippen molar-refractivity contribution < 1.29 is 9.47 Å². The van der Waals surface area contributed by atoms with Crippen LogP contribution in [0.1, 0.15) is 12.0 Å². The Morgan fingerprint density at radius 1 is 1.40 bits per heavy atom. The molecular formula is C10H9N3O2. The molecule has 5 heteroatoms. The number of ether oxygens (including phenoxy) is 2. The summed E-state index contributed by atoms with van der Waals surface area (Å²) in [6, 6.07) is 2.14. The second kappa shape index (κ2) is 5.46. The first-order valence-corrected chi connectivity index (χ1v) is 4.12. The Hall–Kier alpha value is -2.27. The van der Waals surface area contributed by atoms with Gasteiger partial charge in [-0.05, 0) is 0 Å². The first-order chi connectivity index (χ1) is 7.31. The highest BCUT2D eigenvalue weighted by molar-refractivity contribution is 5.41. The van der Waals surface area contributed by atoms with Gasteiger partial charge in [-0.1, -0.05) is 11.8 Å². The molecule has 1 heterocycles. The van der Waals surface area contributed by atoms with Gasteiger partial charge in [0.25, 0.3) is 0 Å². The zero-order chi connectivity index (χ0) is 11.1. The van der Waals surface area contributed by atoms with Gasteiger partial charge < -0.3 is 9.47 Å². The highest BCUT2D eigenvalue weighted by atomic mass is 16.5. The summed E-state index contributed by atoms with van der Waals surface area (Å²) in [6.07, 6.45) is 1.66. The van der Waals surface area contributed by atoms with Crippen LogP contribution in [0.4, 0.5) is 0 Å². The first kappa shape index (κ1) is 10.8. The molecule has 0 atom stereocenters. The Morgan fingerprint density at radius 2 is 2.20 bits per heavy atom. The smallest absolute Gasteiger partial charge is 0.319 e. The van der Waals surface area contributed by atoms with E-state index in [9.17, 15) is 0 Å². The summed E-state index contributed by atoms with van der Waals surface area (Å²) in [7, 11) is 2.95. The summed E-state index contributed by atoms with van der Waals surface area (Å²) >= 11 is 0. The molecule has 15 heavy (non-hydrogen) atoms. The zero-order valence-electron chi connectivity index (χ0n) is 8.44. The molecule has 0 amide bonds. The molecule has 0 aromatic carbocycles. The molecule has 0 aliphatic heterocycles. The topological polar surface area (TPSA) is 68.0 Å². The molecule has 1 aromatic rings. The molecule has 1 aromatic heterocycles. The summed E-state index contributed by atoms with van der Waals surface area (Å²) in [4.78, 5) is 7.83. The molecule has 76 valence electrons. The molecule has 0 aliphatic rings. The highest BCUT2D eigenvalue weighted by Crippen LogP contribution is 2.15. The van der Waals surface area contributed by atoms with E-state index in [0.29, 0.717) is 11.4 Å². The molecule has 0 saturated heterocycles. The van der Waals surface area contributed by atoms with Gasteiger partial charge in [0.15, 0.2) is 0 Å². The Kier molecular flexibility index (Phi) is 3.93. The molecule has 5 nitrogen and oxygen atoms in total. The molecule has 0 saturated carbocycles. The third-order valence-electron chi connectivity index (χ3n) is 1.50. The summed E-state index contributed by atoms with van der Waals surface area (Å²) in [5.74, 6) is 5.73. The maximum Gasteiger partial charge on any atom is 0.319 e. The molecule has 0 N–H and O–H groups in total. The van der Waals surface area contributed by atoms with Crippen LogP contribution >= 0.6 is 0 Å². The van der Waals surface area contributed by atoms with Crippen LogP contribution in [0, 0.1) is 23.2 Å². The molecule has 0 unspecified atom stereocenters. The number of hydrogen-bond donors (Lipinski definition) is 0. The standard InChI is InChI=1S/C10H9N3O2/c1-14-9-8(5-3-4-6-11)7-12-10(13-9)15-2/h7H,4H2,1-2H3. The molecule has 1 rings (SSSR count). The van der Waals surface area contributed by atoms with E-state index in [0.717, 1.165) is 0 Å². The minimum absolute atomic E-state index is 0.162. The first-order valence-electron chi connectivity index (χ1n) is 4.12. The molecule has 0 bridgehead atoms. The SMILES string of the molecule is COc1ncc(C#CCC#N)c(OC)n1. The fourth-order valence-electron chi connectivity index (χ4n) is 0.870. The summed E-state index contributed by atoms with van der Waals surface area (Å²) in [6.45, 7) is 0. The van der Waals surface area contributed by atoms with E-state index in [1.54, 1.807) is 0 Å². The van der Waals surface area contributed by atoms with E-state index in [1.165, 1.54) is 20.4 Å². The van der Waals surface area contributed by atoms with Crippen LogP contribution in [-0.2, 0) is 0 Å². The lowest BCUT2D eigenvalue weighted by atomic mass is 10.3. The average Bonchev–Trinajstić information content (AvgIpc) is 2.29. The van der Waals surface area contributed by atoms with Gasteiger partial charge in [0, 0.05) is 0 Å². The Bertz CT molecular complexity index is 440. The average molecular weight is 203 g/mol. The second-order valence-corrected chi connectivity index (χ2v) is 2.42. The van der Waals surface area contributed by atoms with E-state index >= 15 is 0 Å². The predicted octanol–water partition coefficient (Wildman–Crippen LogP) is 0.759. The normalized spacial score (nSPS) is 8.33. The Morgan fingerprint density at radius 3 is 2.80 bits per heavy atom. The maximum absolute atomic E-state index is 8.32. The van der Waals surface area contributed by atoms with Gasteiger partial charge in [-0.25, -0.2) is 4.98 Å². The number of aromatic nitrogens is 2. The number of methoxy groups -OCH3 is 2. The second-order valence-electron chi connectivity index (χ2n) is 2.42. The highest BCUT2D eigenvalue weighted by Gasteiger charge is 2.04. The minimum Gasteiger partial charge on any atom is -0.480 e. The lowest BCUT2D eigenvalue weighted by Gasteiger charge is -2.02. The summed E-state index contributed by atoms with van der Waals surface area (Å²) < 4.78 is 9.84. The maximum atomic E-state index is 8.32. The fourth-order valence-corrected chi connectivity index (χ4v) is 0.870. The van der Waals surface area contributed by atoms with Gasteiger partial charge >= 0.3 is 6.01 Å². The van der Waals surface area contributed by atoms with Crippen LogP contribution in [0.2, 0.25) is 0 Å². The third-order valence-corrected chi connectivity index (χ3v) is 1.50. The summed E-state index contributed by atoms with van der Waals surface area (Å²) in [5, 5.41) is 8.32. The number of hydrogen-bond acceptors (Lipinski definition) is 5.